The molecule has 14 heavy (non-hydrogen) atoms. The molecule has 0 aliphatic rings. The van der Waals surface area contributed by atoms with Gasteiger partial charge in [-0.3, -0.25) is 0 Å². The van der Waals surface area contributed by atoms with Gasteiger partial charge in [0.15, 0.2) is 5.76 Å². The fourth-order valence-electron chi connectivity index (χ4n) is 1.22. The largest absolute Gasteiger partial charge is 0.356 e. The third kappa shape index (κ3) is 1.51. The standard InChI is InChI=1S/C10H7ClFNO/c11-5-7-6-13-14-10(7)8-3-1-2-4-9(8)12/h1-4,6H,5H2. The Hall–Kier alpha value is -1.35. The third-order valence-electron chi connectivity index (χ3n) is 1.91. The van der Waals surface area contributed by atoms with Crippen molar-refractivity contribution in [3.05, 3.63) is 41.8 Å². The average Bonchev–Trinajstić information content (AvgIpc) is 2.66. The molecule has 2 aromatic rings. The minimum atomic E-state index is -0.337. The molecule has 0 amide bonds. The zero-order valence-corrected chi connectivity index (χ0v) is 7.96. The minimum absolute atomic E-state index is 0.257. The van der Waals surface area contributed by atoms with E-state index in [1.54, 1.807) is 18.2 Å². The Bertz CT molecular complexity index is 441. The van der Waals surface area contributed by atoms with Gasteiger partial charge in [0.25, 0.3) is 0 Å². The topological polar surface area (TPSA) is 26.0 Å². The van der Waals surface area contributed by atoms with Crippen molar-refractivity contribution >= 4 is 11.6 Å². The maximum Gasteiger partial charge on any atom is 0.174 e. The lowest BCUT2D eigenvalue weighted by atomic mass is 10.1. The van der Waals surface area contributed by atoms with Crippen molar-refractivity contribution in [1.82, 2.24) is 5.16 Å². The van der Waals surface area contributed by atoms with Crippen LogP contribution in [-0.4, -0.2) is 5.16 Å². The van der Waals surface area contributed by atoms with Gasteiger partial charge in [0.2, 0.25) is 0 Å². The molecule has 0 atom stereocenters. The molecule has 0 aliphatic heterocycles. The van der Waals surface area contributed by atoms with Crippen LogP contribution >= 0.6 is 11.6 Å². The van der Waals surface area contributed by atoms with E-state index in [-0.39, 0.29) is 11.7 Å². The number of hydrogen-bond acceptors (Lipinski definition) is 2. The number of rotatable bonds is 2. The molecule has 1 heterocycles. The molecule has 0 N–H and O–H groups in total. The highest BCUT2D eigenvalue weighted by atomic mass is 35.5. The van der Waals surface area contributed by atoms with Gasteiger partial charge >= 0.3 is 0 Å². The summed E-state index contributed by atoms with van der Waals surface area (Å²) in [6.07, 6.45) is 1.49. The van der Waals surface area contributed by atoms with Gasteiger partial charge in [0, 0.05) is 5.56 Å². The normalized spacial score (nSPS) is 10.4. The minimum Gasteiger partial charge on any atom is -0.356 e. The van der Waals surface area contributed by atoms with E-state index in [9.17, 15) is 4.39 Å². The van der Waals surface area contributed by atoms with Gasteiger partial charge in [0.1, 0.15) is 5.82 Å². The maximum atomic E-state index is 13.3. The SMILES string of the molecule is Fc1ccccc1-c1oncc1CCl. The number of hydrogen-bond donors (Lipinski definition) is 0. The molecule has 1 aromatic heterocycles. The van der Waals surface area contributed by atoms with Gasteiger partial charge in [-0.25, -0.2) is 4.39 Å². The molecular formula is C10H7ClFNO. The molecule has 2 nitrogen and oxygen atoms in total. The molecule has 0 unspecified atom stereocenters. The van der Waals surface area contributed by atoms with Crippen LogP contribution < -0.4 is 0 Å². The first-order valence-electron chi connectivity index (χ1n) is 4.07. The maximum absolute atomic E-state index is 13.3. The molecule has 4 heteroatoms. The first-order valence-corrected chi connectivity index (χ1v) is 4.61. The van der Waals surface area contributed by atoms with Crippen LogP contribution in [0.3, 0.4) is 0 Å². The van der Waals surface area contributed by atoms with E-state index < -0.39 is 0 Å². The monoisotopic (exact) mass is 211 g/mol. The zero-order valence-electron chi connectivity index (χ0n) is 7.21. The first-order chi connectivity index (χ1) is 6.83. The van der Waals surface area contributed by atoms with Crippen molar-refractivity contribution in [3.63, 3.8) is 0 Å². The summed E-state index contributed by atoms with van der Waals surface area (Å²) in [7, 11) is 0. The van der Waals surface area contributed by atoms with E-state index in [2.05, 4.69) is 5.16 Å². The van der Waals surface area contributed by atoms with Crippen molar-refractivity contribution in [2.45, 2.75) is 5.88 Å². The van der Waals surface area contributed by atoms with Crippen molar-refractivity contribution in [2.75, 3.05) is 0 Å². The Morgan fingerprint density at radius 2 is 2.14 bits per heavy atom. The fourth-order valence-corrected chi connectivity index (χ4v) is 1.41. The van der Waals surface area contributed by atoms with Gasteiger partial charge in [-0.15, -0.1) is 11.6 Å². The zero-order chi connectivity index (χ0) is 9.97. The highest BCUT2D eigenvalue weighted by Gasteiger charge is 2.13. The van der Waals surface area contributed by atoms with Gasteiger partial charge in [-0.05, 0) is 12.1 Å². The van der Waals surface area contributed by atoms with Crippen LogP contribution in [0.15, 0.2) is 35.0 Å². The predicted molar refractivity (Wildman–Crippen MR) is 51.5 cm³/mol. The number of halogens is 2. The quantitative estimate of drug-likeness (QED) is 0.713. The summed E-state index contributed by atoms with van der Waals surface area (Å²) in [5.74, 6) is 0.321. The summed E-state index contributed by atoms with van der Waals surface area (Å²) < 4.78 is 18.3. The van der Waals surface area contributed by atoms with Crippen molar-refractivity contribution in [1.29, 1.82) is 0 Å². The van der Waals surface area contributed by atoms with Crippen LogP contribution in [0.5, 0.6) is 0 Å². The Morgan fingerprint density at radius 1 is 1.36 bits per heavy atom. The lowest BCUT2D eigenvalue weighted by molar-refractivity contribution is 0.429. The highest BCUT2D eigenvalue weighted by Crippen LogP contribution is 2.26. The molecular weight excluding hydrogens is 205 g/mol. The van der Waals surface area contributed by atoms with Gasteiger partial charge in [0.05, 0.1) is 17.6 Å². The van der Waals surface area contributed by atoms with Crippen molar-refractivity contribution < 1.29 is 8.91 Å². The first kappa shape index (κ1) is 9.21. The Labute approximate surface area is 85.3 Å². The van der Waals surface area contributed by atoms with Crippen LogP contribution in [0, 0.1) is 5.82 Å². The summed E-state index contributed by atoms with van der Waals surface area (Å²) in [5, 5.41) is 3.58. The molecule has 0 bridgehead atoms. The number of aromatic nitrogens is 1. The summed E-state index contributed by atoms with van der Waals surface area (Å²) >= 11 is 5.65. The lowest BCUT2D eigenvalue weighted by Crippen LogP contribution is -1.84. The summed E-state index contributed by atoms with van der Waals surface area (Å²) in [4.78, 5) is 0. The van der Waals surface area contributed by atoms with Crippen molar-refractivity contribution in [3.8, 4) is 11.3 Å². The summed E-state index contributed by atoms with van der Waals surface area (Å²) in [5.41, 5.74) is 1.08. The second-order valence-corrected chi connectivity index (χ2v) is 3.06. The van der Waals surface area contributed by atoms with E-state index in [4.69, 9.17) is 16.1 Å². The van der Waals surface area contributed by atoms with E-state index in [1.807, 2.05) is 0 Å². The van der Waals surface area contributed by atoms with Gasteiger partial charge in [-0.2, -0.15) is 0 Å². The Balaban J connectivity index is 2.54. The van der Waals surface area contributed by atoms with Crippen LogP contribution in [0.25, 0.3) is 11.3 Å². The van der Waals surface area contributed by atoms with Crippen LogP contribution in [-0.2, 0) is 5.88 Å². The van der Waals surface area contributed by atoms with Gasteiger partial charge < -0.3 is 4.52 Å². The second-order valence-electron chi connectivity index (χ2n) is 2.79. The lowest BCUT2D eigenvalue weighted by Gasteiger charge is -1.99. The summed E-state index contributed by atoms with van der Waals surface area (Å²) in [6, 6.07) is 6.36. The fraction of sp³-hybridized carbons (Fsp3) is 0.100. The van der Waals surface area contributed by atoms with E-state index in [0.29, 0.717) is 16.9 Å². The number of benzene rings is 1. The van der Waals surface area contributed by atoms with E-state index >= 15 is 0 Å². The van der Waals surface area contributed by atoms with Gasteiger partial charge in [-0.1, -0.05) is 17.3 Å². The molecule has 0 radical (unpaired) electrons. The molecule has 0 saturated carbocycles. The molecule has 72 valence electrons. The van der Waals surface area contributed by atoms with Crippen molar-refractivity contribution in [2.24, 2.45) is 0 Å². The Morgan fingerprint density at radius 3 is 2.86 bits per heavy atom. The molecule has 0 aliphatic carbocycles. The highest BCUT2D eigenvalue weighted by molar-refractivity contribution is 6.17. The molecule has 0 spiro atoms. The molecule has 1 aromatic carbocycles. The van der Waals surface area contributed by atoms with Crippen LogP contribution in [0.2, 0.25) is 0 Å². The average molecular weight is 212 g/mol. The molecule has 0 fully saturated rings. The second kappa shape index (κ2) is 3.80. The summed E-state index contributed by atoms with van der Waals surface area (Å²) in [6.45, 7) is 0. The number of alkyl halides is 1. The number of nitrogens with zero attached hydrogens (tertiary/aromatic N) is 1. The van der Waals surface area contributed by atoms with Crippen LogP contribution in [0.1, 0.15) is 5.56 Å². The van der Waals surface area contributed by atoms with E-state index in [1.165, 1.54) is 12.3 Å². The van der Waals surface area contributed by atoms with Crippen LogP contribution in [0.4, 0.5) is 4.39 Å². The smallest absolute Gasteiger partial charge is 0.174 e. The third-order valence-corrected chi connectivity index (χ3v) is 2.19. The molecule has 2 rings (SSSR count). The molecule has 0 saturated heterocycles. The Kier molecular flexibility index (Phi) is 2.50. The van der Waals surface area contributed by atoms with E-state index in [0.717, 1.165) is 0 Å². The predicted octanol–water partition coefficient (Wildman–Crippen LogP) is 3.22.